The van der Waals surface area contributed by atoms with Gasteiger partial charge in [-0.05, 0) is 155 Å². The molecule has 0 bridgehead atoms. The summed E-state index contributed by atoms with van der Waals surface area (Å²) in [7, 11) is 0. The number of anilines is 6. The van der Waals surface area contributed by atoms with E-state index in [2.05, 4.69) is 182 Å². The molecule has 0 amide bonds. The van der Waals surface area contributed by atoms with Gasteiger partial charge in [-0.2, -0.15) is 0 Å². The highest BCUT2D eigenvalue weighted by Gasteiger charge is 2.19. The summed E-state index contributed by atoms with van der Waals surface area (Å²) in [6, 6.07) is 75.0. The molecule has 0 heterocycles. The lowest BCUT2D eigenvalue weighted by Gasteiger charge is -2.27. The largest absolute Gasteiger partial charge is 0.423 e. The minimum absolute atomic E-state index is 0.455. The number of hydrogen-bond acceptors (Lipinski definition) is 6. The maximum absolute atomic E-state index is 12.5. The molecule has 0 aliphatic carbocycles. The van der Waals surface area contributed by atoms with Crippen molar-refractivity contribution in [3.8, 4) is 44.9 Å². The van der Waals surface area contributed by atoms with Gasteiger partial charge >= 0.3 is 11.9 Å². The summed E-state index contributed by atoms with van der Waals surface area (Å²) in [5.41, 5.74) is 14.0. The number of nitrogens with zero attached hydrogens (tertiary/aromatic N) is 2. The molecule has 0 spiro atoms. The lowest BCUT2D eigenvalue weighted by molar-refractivity contribution is -0.129. The molecular weight excluding hydrogens is 861 g/mol. The van der Waals surface area contributed by atoms with Crippen molar-refractivity contribution in [1.82, 2.24) is 0 Å². The maximum atomic E-state index is 12.5. The number of fused-ring (bicyclic) bond motifs is 2. The van der Waals surface area contributed by atoms with Gasteiger partial charge in [-0.1, -0.05) is 146 Å². The van der Waals surface area contributed by atoms with Gasteiger partial charge in [0.05, 0.1) is 0 Å². The van der Waals surface area contributed by atoms with E-state index >= 15 is 0 Å². The van der Waals surface area contributed by atoms with Crippen LogP contribution in [0.15, 0.2) is 244 Å². The van der Waals surface area contributed by atoms with Gasteiger partial charge < -0.3 is 19.3 Å². The molecule has 6 heteroatoms. The highest BCUT2D eigenvalue weighted by atomic mass is 16.5. The Morgan fingerprint density at radius 2 is 0.686 bits per heavy atom. The van der Waals surface area contributed by atoms with Crippen LogP contribution in [-0.2, 0) is 9.59 Å². The van der Waals surface area contributed by atoms with Crippen LogP contribution in [0.4, 0.5) is 34.1 Å². The Labute approximate surface area is 408 Å². The first-order chi connectivity index (χ1) is 34.2. The summed E-state index contributed by atoms with van der Waals surface area (Å²) in [5, 5.41) is 3.74. The third-order valence-corrected chi connectivity index (χ3v) is 12.5. The maximum Gasteiger partial charge on any atom is 0.335 e. The first kappa shape index (κ1) is 44.6. The molecule has 0 saturated carbocycles. The average molecular weight is 909 g/mol. The molecule has 0 radical (unpaired) electrons. The number of carbonyl (C=O) groups excluding carboxylic acids is 2. The number of rotatable bonds is 13. The molecule has 338 valence electrons. The van der Waals surface area contributed by atoms with Crippen molar-refractivity contribution in [2.75, 3.05) is 9.80 Å². The van der Waals surface area contributed by atoms with Gasteiger partial charge in [0, 0.05) is 57.4 Å². The molecule has 0 aliphatic rings. The summed E-state index contributed by atoms with van der Waals surface area (Å²) in [6.07, 6.45) is 2.35. The predicted molar refractivity (Wildman–Crippen MR) is 288 cm³/mol. The molecule has 10 aromatic rings. The fourth-order valence-electron chi connectivity index (χ4n) is 8.85. The Hall–Kier alpha value is -9.26. The number of carbonyl (C=O) groups is 2. The molecule has 10 aromatic carbocycles. The summed E-state index contributed by atoms with van der Waals surface area (Å²) in [5.74, 6) is -0.140. The van der Waals surface area contributed by atoms with Gasteiger partial charge in [0.1, 0.15) is 11.5 Å². The van der Waals surface area contributed by atoms with Crippen molar-refractivity contribution >= 4 is 67.6 Å². The van der Waals surface area contributed by atoms with E-state index in [0.717, 1.165) is 89.0 Å². The Balaban J connectivity index is 1.07. The van der Waals surface area contributed by atoms with Crippen LogP contribution in [-0.4, -0.2) is 11.9 Å². The topological polar surface area (TPSA) is 59.1 Å². The highest BCUT2D eigenvalue weighted by molar-refractivity contribution is 5.99. The molecule has 0 aromatic heterocycles. The Kier molecular flexibility index (Phi) is 12.4. The van der Waals surface area contributed by atoms with Gasteiger partial charge in [0.15, 0.2) is 0 Å². The molecule has 0 aliphatic heterocycles. The summed E-state index contributed by atoms with van der Waals surface area (Å²) < 4.78 is 11.6. The SMILES string of the molecule is C=CC(=O)Oc1cc2ccc(N(c3ccc(-c4ccc(N(c5ccc(C)cc5)c5ccc(C)cc5)cc4)cc3)c3ccc4cc(OC(=O)C=C)c(-c5ccccc5)cc4c3)cc2cc1-c1ccccc1. The average Bonchev–Trinajstić information content (AvgIpc) is 3.40. The van der Waals surface area contributed by atoms with Crippen LogP contribution >= 0.6 is 0 Å². The molecule has 0 fully saturated rings. The highest BCUT2D eigenvalue weighted by Crippen LogP contribution is 2.43. The van der Waals surface area contributed by atoms with Gasteiger partial charge in [0.25, 0.3) is 0 Å². The van der Waals surface area contributed by atoms with Crippen molar-refractivity contribution in [2.45, 2.75) is 13.8 Å². The monoisotopic (exact) mass is 908 g/mol. The molecular formula is C64H48N2O4. The molecule has 0 saturated heterocycles. The van der Waals surface area contributed by atoms with E-state index in [1.807, 2.05) is 72.8 Å². The predicted octanol–water partition coefficient (Wildman–Crippen LogP) is 16.7. The second-order valence-corrected chi connectivity index (χ2v) is 17.2. The third-order valence-electron chi connectivity index (χ3n) is 12.5. The van der Waals surface area contributed by atoms with Gasteiger partial charge in [-0.3, -0.25) is 0 Å². The molecule has 0 N–H and O–H groups in total. The normalized spacial score (nSPS) is 10.9. The van der Waals surface area contributed by atoms with Crippen LogP contribution in [0, 0.1) is 13.8 Å². The minimum atomic E-state index is -0.525. The van der Waals surface area contributed by atoms with Crippen LogP contribution in [0.1, 0.15) is 11.1 Å². The van der Waals surface area contributed by atoms with E-state index in [1.165, 1.54) is 23.3 Å². The first-order valence-corrected chi connectivity index (χ1v) is 23.1. The fraction of sp³-hybridized carbons (Fsp3) is 0.0312. The molecule has 0 unspecified atom stereocenters. The number of esters is 2. The van der Waals surface area contributed by atoms with Crippen LogP contribution in [0.2, 0.25) is 0 Å². The van der Waals surface area contributed by atoms with Gasteiger partial charge in [-0.25, -0.2) is 9.59 Å². The Bertz CT molecular complexity index is 3360. The number of benzene rings is 10. The standard InChI is InChI=1S/C64H48N2O4/c1-5-63(67)69-61-41-49-25-35-57(37-51(49)39-59(61)47-13-9-7-10-14-47)66(58-36-26-50-42-62(70-64(68)6-2)60(40-52(50)38-58)48-15-11-8-12-16-48)56-33-23-46(24-34-56)45-21-31-55(32-22-45)65(53-27-17-43(3)18-28-53)54-29-19-44(4)20-30-54/h5-42H,1-2H2,3-4H3. The lowest BCUT2D eigenvalue weighted by Crippen LogP contribution is -2.10. The van der Waals surface area contributed by atoms with Crippen LogP contribution in [0.3, 0.4) is 0 Å². The molecule has 0 atom stereocenters. The Morgan fingerprint density at radius 1 is 0.357 bits per heavy atom. The van der Waals surface area contributed by atoms with Crippen LogP contribution < -0.4 is 19.3 Å². The van der Waals surface area contributed by atoms with Gasteiger partial charge in [0.2, 0.25) is 0 Å². The number of hydrogen-bond donors (Lipinski definition) is 0. The van der Waals surface area contributed by atoms with Crippen molar-refractivity contribution in [2.24, 2.45) is 0 Å². The number of aryl methyl sites for hydroxylation is 2. The quantitative estimate of drug-likeness (QED) is 0.0653. The van der Waals surface area contributed by atoms with Crippen LogP contribution in [0.25, 0.3) is 54.9 Å². The Morgan fingerprint density at radius 3 is 1.04 bits per heavy atom. The van der Waals surface area contributed by atoms with E-state index in [4.69, 9.17) is 9.47 Å². The summed E-state index contributed by atoms with van der Waals surface area (Å²) >= 11 is 0. The van der Waals surface area contributed by atoms with E-state index in [9.17, 15) is 9.59 Å². The van der Waals surface area contributed by atoms with Crippen molar-refractivity contribution in [3.63, 3.8) is 0 Å². The van der Waals surface area contributed by atoms with E-state index in [1.54, 1.807) is 0 Å². The second-order valence-electron chi connectivity index (χ2n) is 17.2. The zero-order chi connectivity index (χ0) is 48.1. The number of ether oxygens (including phenoxy) is 2. The first-order valence-electron chi connectivity index (χ1n) is 23.1. The summed E-state index contributed by atoms with van der Waals surface area (Å²) in [4.78, 5) is 29.6. The second kappa shape index (κ2) is 19.5. The summed E-state index contributed by atoms with van der Waals surface area (Å²) in [6.45, 7) is 11.5. The fourth-order valence-corrected chi connectivity index (χ4v) is 8.85. The third kappa shape index (κ3) is 9.35. The molecule has 6 nitrogen and oxygen atoms in total. The van der Waals surface area contributed by atoms with Crippen molar-refractivity contribution < 1.29 is 19.1 Å². The van der Waals surface area contributed by atoms with E-state index in [-0.39, 0.29) is 0 Å². The smallest absolute Gasteiger partial charge is 0.335 e. The zero-order valence-electron chi connectivity index (χ0n) is 38.9. The van der Waals surface area contributed by atoms with Gasteiger partial charge in [-0.15, -0.1) is 0 Å². The molecule has 10 rings (SSSR count). The zero-order valence-corrected chi connectivity index (χ0v) is 38.9. The minimum Gasteiger partial charge on any atom is -0.423 e. The van der Waals surface area contributed by atoms with E-state index < -0.39 is 11.9 Å². The van der Waals surface area contributed by atoms with Crippen molar-refractivity contribution in [1.29, 1.82) is 0 Å². The molecule has 70 heavy (non-hydrogen) atoms. The van der Waals surface area contributed by atoms with Crippen molar-refractivity contribution in [3.05, 3.63) is 255 Å². The van der Waals surface area contributed by atoms with Crippen LogP contribution in [0.5, 0.6) is 11.5 Å². The van der Waals surface area contributed by atoms with E-state index in [0.29, 0.717) is 11.5 Å². The lowest BCUT2D eigenvalue weighted by atomic mass is 9.98.